The summed E-state index contributed by atoms with van der Waals surface area (Å²) in [7, 11) is 0. The Morgan fingerprint density at radius 1 is 1.32 bits per heavy atom. The Bertz CT molecular complexity index is 1700. The van der Waals surface area contributed by atoms with Crippen molar-refractivity contribution in [3.63, 3.8) is 0 Å². The molecule has 1 atom stereocenters. The first-order valence-corrected chi connectivity index (χ1v) is 12.7. The zero-order chi connectivity index (χ0) is 26.8. The molecule has 192 valence electrons. The maximum absolute atomic E-state index is 14.8. The number of thiophene rings is 1. The highest BCUT2D eigenvalue weighted by molar-refractivity contribution is 7.12. The van der Waals surface area contributed by atoms with Gasteiger partial charge in [-0.15, -0.1) is 16.4 Å². The van der Waals surface area contributed by atoms with Gasteiger partial charge in [-0.05, 0) is 60.0 Å². The van der Waals surface area contributed by atoms with E-state index < -0.39 is 17.4 Å². The Kier molecular flexibility index (Phi) is 5.63. The fourth-order valence-corrected chi connectivity index (χ4v) is 6.13. The van der Waals surface area contributed by atoms with Gasteiger partial charge in [-0.25, -0.2) is 9.18 Å². The van der Waals surface area contributed by atoms with E-state index >= 15 is 0 Å². The number of aryl methyl sites for hydroxylation is 1. The number of halogens is 2. The van der Waals surface area contributed by atoms with Crippen LogP contribution in [-0.4, -0.2) is 42.1 Å². The monoisotopic (exact) mass is 552 g/mol. The number of carboxylic acid groups (broad SMARTS) is 1. The molecule has 0 radical (unpaired) electrons. The van der Waals surface area contributed by atoms with Crippen molar-refractivity contribution in [2.45, 2.75) is 31.8 Å². The summed E-state index contributed by atoms with van der Waals surface area (Å²) >= 11 is 7.06. The minimum atomic E-state index is -1.66. The van der Waals surface area contributed by atoms with Crippen molar-refractivity contribution in [3.05, 3.63) is 85.6 Å². The highest BCUT2D eigenvalue weighted by Crippen LogP contribution is 2.44. The second-order valence-electron chi connectivity index (χ2n) is 9.10. The van der Waals surface area contributed by atoms with E-state index in [1.54, 1.807) is 25.1 Å². The minimum absolute atomic E-state index is 0.0912. The van der Waals surface area contributed by atoms with Gasteiger partial charge in [0.1, 0.15) is 11.2 Å². The fourth-order valence-electron chi connectivity index (χ4n) is 5.16. The minimum Gasteiger partial charge on any atom is -0.618 e. The summed E-state index contributed by atoms with van der Waals surface area (Å²) in [4.78, 5) is 15.4. The summed E-state index contributed by atoms with van der Waals surface area (Å²) in [6.45, 7) is 1.67. The summed E-state index contributed by atoms with van der Waals surface area (Å²) in [6, 6.07) is 6.98. The van der Waals surface area contributed by atoms with E-state index in [0.717, 1.165) is 11.3 Å². The average Bonchev–Trinajstić information content (AvgIpc) is 3.66. The van der Waals surface area contributed by atoms with Crippen LogP contribution in [0.4, 0.5) is 4.39 Å². The molecular formula is C25H18ClFN6O4S. The Morgan fingerprint density at radius 3 is 2.84 bits per heavy atom. The largest absolute Gasteiger partial charge is 0.618 e. The SMILES string of the molecule is CC1=C(c2csc(C(=O)O)c2F)CC(C2(O)CCc3cc(-c4cc(Cl)ccc4-n4cnnn4)c[n+]([O-])c32)=N1. The van der Waals surface area contributed by atoms with Gasteiger partial charge in [-0.1, -0.05) is 11.6 Å². The Labute approximate surface area is 223 Å². The van der Waals surface area contributed by atoms with Crippen LogP contribution in [0.5, 0.6) is 0 Å². The van der Waals surface area contributed by atoms with Crippen LogP contribution < -0.4 is 4.73 Å². The number of carbonyl (C=O) groups is 1. The number of aromatic nitrogens is 5. The van der Waals surface area contributed by atoms with Crippen LogP contribution in [0.3, 0.4) is 0 Å². The molecule has 2 N–H and O–H groups in total. The third kappa shape index (κ3) is 3.71. The van der Waals surface area contributed by atoms with Gasteiger partial charge in [0.05, 0.1) is 11.4 Å². The van der Waals surface area contributed by atoms with Gasteiger partial charge in [-0.2, -0.15) is 9.41 Å². The molecule has 6 rings (SSSR count). The van der Waals surface area contributed by atoms with E-state index in [1.165, 1.54) is 22.6 Å². The second-order valence-corrected chi connectivity index (χ2v) is 10.4. The van der Waals surface area contributed by atoms with Crippen molar-refractivity contribution in [2.24, 2.45) is 4.99 Å². The molecule has 0 amide bonds. The van der Waals surface area contributed by atoms with Gasteiger partial charge in [-0.3, -0.25) is 4.99 Å². The third-order valence-electron chi connectivity index (χ3n) is 6.93. The van der Waals surface area contributed by atoms with Gasteiger partial charge in [0.15, 0.2) is 17.6 Å². The Hall–Kier alpha value is -4.00. The van der Waals surface area contributed by atoms with E-state index in [9.17, 15) is 24.6 Å². The van der Waals surface area contributed by atoms with Crippen LogP contribution in [0.15, 0.2) is 52.9 Å². The molecule has 0 saturated carbocycles. The topological polar surface area (TPSA) is 140 Å². The standard InChI is InChI=1S/C25H18ClFN6O4S/c1-12-16(18-10-38-22(21(18)27)24(34)35)8-20(29-12)25(36)5-4-13-6-14(9-33(37)23(13)25)17-7-15(26)2-3-19(17)32-11-28-30-31-32/h2-3,6-7,9-11,36H,4-5,8H2,1H3,(H,34,35). The van der Waals surface area contributed by atoms with Crippen LogP contribution in [-0.2, 0) is 12.0 Å². The lowest BCUT2D eigenvalue weighted by Gasteiger charge is -2.23. The molecule has 13 heteroatoms. The molecule has 2 aliphatic rings. The molecule has 1 aliphatic heterocycles. The predicted octanol–water partition coefficient (Wildman–Crippen LogP) is 3.92. The summed E-state index contributed by atoms with van der Waals surface area (Å²) < 4.78 is 16.9. The number of tetrazole rings is 1. The first-order valence-electron chi connectivity index (χ1n) is 11.5. The number of aliphatic hydroxyl groups is 1. The van der Waals surface area contributed by atoms with Gasteiger partial charge in [0.25, 0.3) is 0 Å². The van der Waals surface area contributed by atoms with Crippen molar-refractivity contribution in [3.8, 4) is 16.8 Å². The zero-order valence-electron chi connectivity index (χ0n) is 19.7. The molecule has 38 heavy (non-hydrogen) atoms. The number of nitrogens with zero attached hydrogens (tertiary/aromatic N) is 6. The van der Waals surface area contributed by atoms with Crippen LogP contribution in [0.25, 0.3) is 22.4 Å². The average molecular weight is 553 g/mol. The lowest BCUT2D eigenvalue weighted by Crippen LogP contribution is -2.45. The van der Waals surface area contributed by atoms with Crippen molar-refractivity contribution < 1.29 is 24.1 Å². The molecule has 1 aromatic carbocycles. The number of pyridine rings is 1. The number of carboxylic acids is 1. The number of benzene rings is 1. The number of fused-ring (bicyclic) bond motifs is 1. The lowest BCUT2D eigenvalue weighted by molar-refractivity contribution is -0.619. The van der Waals surface area contributed by atoms with Crippen molar-refractivity contribution in [1.82, 2.24) is 20.2 Å². The highest BCUT2D eigenvalue weighted by atomic mass is 35.5. The van der Waals surface area contributed by atoms with E-state index in [1.807, 2.05) is 6.07 Å². The van der Waals surface area contributed by atoms with Gasteiger partial charge in [0.2, 0.25) is 5.69 Å². The summed E-state index contributed by atoms with van der Waals surface area (Å²) in [5.74, 6) is -2.17. The van der Waals surface area contributed by atoms with Gasteiger partial charge < -0.3 is 15.4 Å². The van der Waals surface area contributed by atoms with Crippen LogP contribution in [0.2, 0.25) is 5.02 Å². The fraction of sp³-hybridized carbons (Fsp3) is 0.200. The number of aliphatic imine (C=N–C) groups is 1. The Morgan fingerprint density at radius 2 is 2.13 bits per heavy atom. The molecule has 4 aromatic rings. The van der Waals surface area contributed by atoms with Crippen LogP contribution >= 0.6 is 22.9 Å². The van der Waals surface area contributed by atoms with Crippen molar-refractivity contribution in [2.75, 3.05) is 0 Å². The van der Waals surface area contributed by atoms with E-state index in [2.05, 4.69) is 20.5 Å². The Balaban J connectivity index is 1.37. The predicted molar refractivity (Wildman–Crippen MR) is 137 cm³/mol. The van der Waals surface area contributed by atoms with Crippen molar-refractivity contribution in [1.29, 1.82) is 0 Å². The summed E-state index contributed by atoms with van der Waals surface area (Å²) in [5, 5.41) is 47.6. The smallest absolute Gasteiger partial charge is 0.348 e. The molecule has 0 saturated heterocycles. The van der Waals surface area contributed by atoms with E-state index in [4.69, 9.17) is 11.6 Å². The van der Waals surface area contributed by atoms with Gasteiger partial charge >= 0.3 is 5.97 Å². The number of rotatable bonds is 5. The number of aromatic carboxylic acids is 1. The van der Waals surface area contributed by atoms with E-state index in [0.29, 0.717) is 55.5 Å². The number of hydrogen-bond acceptors (Lipinski definition) is 8. The van der Waals surface area contributed by atoms with Crippen molar-refractivity contribution >= 4 is 40.2 Å². The number of allylic oxidation sites excluding steroid dienone is 2. The first kappa shape index (κ1) is 24.3. The molecule has 4 heterocycles. The quantitative estimate of drug-likeness (QED) is 0.282. The highest BCUT2D eigenvalue weighted by Gasteiger charge is 2.50. The van der Waals surface area contributed by atoms with Crippen LogP contribution in [0, 0.1) is 11.0 Å². The zero-order valence-corrected chi connectivity index (χ0v) is 21.3. The maximum atomic E-state index is 14.8. The molecule has 0 fully saturated rings. The first-order chi connectivity index (χ1) is 18.2. The molecule has 1 aliphatic carbocycles. The van der Waals surface area contributed by atoms with Crippen LogP contribution in [0.1, 0.15) is 46.3 Å². The summed E-state index contributed by atoms with van der Waals surface area (Å²) in [6.07, 6.45) is 3.52. The molecule has 3 aromatic heterocycles. The molecule has 0 bridgehead atoms. The lowest BCUT2D eigenvalue weighted by atomic mass is 9.89. The maximum Gasteiger partial charge on any atom is 0.348 e. The van der Waals surface area contributed by atoms with Gasteiger partial charge in [0, 0.05) is 44.8 Å². The summed E-state index contributed by atoms with van der Waals surface area (Å²) in [5.41, 5.74) is 2.39. The third-order valence-corrected chi connectivity index (χ3v) is 8.11. The molecular weight excluding hydrogens is 535 g/mol. The molecule has 0 spiro atoms. The molecule has 1 unspecified atom stereocenters. The molecule has 10 nitrogen and oxygen atoms in total. The second kappa shape index (κ2) is 8.79. The van der Waals surface area contributed by atoms with E-state index in [-0.39, 0.29) is 29.0 Å². The normalized spacial score (nSPS) is 18.7. The number of hydrogen-bond donors (Lipinski definition) is 2.